The van der Waals surface area contributed by atoms with Crippen LogP contribution in [0.4, 0.5) is 0 Å². The second kappa shape index (κ2) is 36.7. The number of hydrogen-bond donors (Lipinski definition) is 1. The Morgan fingerprint density at radius 1 is 0.423 bits per heavy atom. The van der Waals surface area contributed by atoms with E-state index in [1.165, 1.54) is 33.4 Å². The van der Waals surface area contributed by atoms with Crippen LogP contribution in [0.15, 0.2) is 117 Å². The van der Waals surface area contributed by atoms with Gasteiger partial charge in [0.25, 0.3) is 0 Å². The number of ether oxygens (including phenoxy) is 4. The van der Waals surface area contributed by atoms with E-state index < -0.39 is 11.0 Å². The Morgan fingerprint density at radius 3 is 1.16 bits per heavy atom. The molecular weight excluding hydrogens is 1550 g/mol. The van der Waals surface area contributed by atoms with Crippen LogP contribution >= 0.6 is 0 Å². The van der Waals surface area contributed by atoms with Crippen molar-refractivity contribution in [3.05, 3.63) is 117 Å². The van der Waals surface area contributed by atoms with Gasteiger partial charge in [0.2, 0.25) is 0 Å². The minimum Gasteiger partial charge on any atom is -0.457 e. The minimum atomic E-state index is -1.38. The van der Waals surface area contributed by atoms with Crippen LogP contribution < -0.4 is 0 Å². The zero-order valence-corrected chi connectivity index (χ0v) is 77.1. The van der Waals surface area contributed by atoms with Crippen LogP contribution in [0.3, 0.4) is 0 Å². The molecule has 0 aliphatic heterocycles. The molecule has 0 aromatic heterocycles. The standard InChI is InChI=1S/2C27H38O4.C26H34O5.C26H34O4/c2*1-17-14-23-21-8-7-19-15-20(29)9-11-26(19,3)22(21)10-12-27(23,4)25(17)24(30)16-31-13-5-6-18(2)28;1-17(27)5-4-14-31-16-23(29)26(30)13-10-22-20-7-6-18-15-19(28)8-11-24(18,2)21(20)9-12-25(22,26)3;1-15(2)24(29)30-14-22(28)23-16(3)12-21-19-7-6-17-13-18(27)8-10-25(17,4)20(19)9-11-26(21,23)5/h2*10,15,17,21,23,25H,5-9,11-14,16H2,1-4H3;8-9,11,15,20,22,30H,4-7,10,12-14,16H2,1-3H3;8-10,13,15-16,19,21,23H,6-7,11-12,14H2,1-5H3/t17-,21?,23?,25+,26-,27-;17-,21?,23?,25-,26+,27+;20?,22?,24-,25-,26-;16-,19?,21?,23+,25-,26-/m0100/s1. The number of aliphatic hydroxyl groups is 1. The zero-order chi connectivity index (χ0) is 89.1. The van der Waals surface area contributed by atoms with Gasteiger partial charge in [0.1, 0.15) is 49.4 Å². The first-order valence-corrected chi connectivity index (χ1v) is 47.4. The second-order valence-electron chi connectivity index (χ2n) is 43.2. The van der Waals surface area contributed by atoms with Gasteiger partial charge < -0.3 is 38.4 Å². The van der Waals surface area contributed by atoms with E-state index in [-0.39, 0.29) is 169 Å². The van der Waals surface area contributed by atoms with E-state index in [4.69, 9.17) is 18.9 Å². The molecule has 23 atom stereocenters. The van der Waals surface area contributed by atoms with Crippen molar-refractivity contribution in [1.29, 1.82) is 0 Å². The highest BCUT2D eigenvalue weighted by Crippen LogP contribution is 2.71. The highest BCUT2D eigenvalue weighted by molar-refractivity contribution is 6.02. The molecule has 0 bridgehead atoms. The van der Waals surface area contributed by atoms with Crippen LogP contribution in [-0.4, -0.2) is 127 Å². The number of fused-ring (bicyclic) bond motifs is 20. The lowest BCUT2D eigenvalue weighted by Gasteiger charge is -2.53. The third-order valence-electron chi connectivity index (χ3n) is 35.2. The molecule has 0 saturated heterocycles. The molecule has 16 aliphatic rings. The highest BCUT2D eigenvalue weighted by atomic mass is 16.5. The summed E-state index contributed by atoms with van der Waals surface area (Å²) >= 11 is 0. The number of ketones is 11. The Kier molecular flexibility index (Phi) is 27.9. The van der Waals surface area contributed by atoms with Gasteiger partial charge in [-0.2, -0.15) is 0 Å². The molecule has 8 saturated carbocycles. The molecule has 16 aliphatic carbocycles. The lowest BCUT2D eigenvalue weighted by atomic mass is 9.51. The van der Waals surface area contributed by atoms with Crippen LogP contribution in [0.1, 0.15) is 284 Å². The number of carbonyl (C=O) groups excluding carboxylic acids is 12. The van der Waals surface area contributed by atoms with E-state index in [1.807, 2.05) is 24.3 Å². The lowest BCUT2D eigenvalue weighted by Crippen LogP contribution is -2.55. The van der Waals surface area contributed by atoms with Gasteiger partial charge in [-0.1, -0.05) is 157 Å². The summed E-state index contributed by atoms with van der Waals surface area (Å²) in [6.07, 6.45) is 47.2. The Bertz CT molecular complexity index is 4440. The van der Waals surface area contributed by atoms with Crippen molar-refractivity contribution < 1.29 is 81.6 Å². The molecule has 16 rings (SSSR count). The third-order valence-corrected chi connectivity index (χ3v) is 35.2. The summed E-state index contributed by atoms with van der Waals surface area (Å²) in [4.78, 5) is 146. The number of Topliss-reactive ketones (excluding diaryl/α,β-unsaturated/α-hetero) is 7. The maximum Gasteiger partial charge on any atom is 0.308 e. The summed E-state index contributed by atoms with van der Waals surface area (Å²) in [5.41, 5.74) is 8.74. The largest absolute Gasteiger partial charge is 0.457 e. The molecule has 17 nitrogen and oxygen atoms in total. The molecule has 123 heavy (non-hydrogen) atoms. The predicted octanol–water partition coefficient (Wildman–Crippen LogP) is 19.3. The summed E-state index contributed by atoms with van der Waals surface area (Å²) in [7, 11) is 0. The van der Waals surface area contributed by atoms with Crippen molar-refractivity contribution in [3.63, 3.8) is 0 Å². The average Bonchev–Trinajstić information content (AvgIpc) is 1.76. The number of carbonyl (C=O) groups is 12. The van der Waals surface area contributed by atoms with Crippen LogP contribution in [-0.2, 0) is 76.5 Å². The summed E-state index contributed by atoms with van der Waals surface area (Å²) < 4.78 is 22.2. The van der Waals surface area contributed by atoms with Gasteiger partial charge in [0.05, 0.1) is 5.92 Å². The first-order valence-electron chi connectivity index (χ1n) is 47.4. The number of rotatable bonds is 25. The normalized spacial score (nSPS) is 39.1. The average molecular weight is 1690 g/mol. The molecule has 0 amide bonds. The summed E-state index contributed by atoms with van der Waals surface area (Å²) in [5, 5.41) is 11.6. The van der Waals surface area contributed by atoms with Crippen molar-refractivity contribution in [2.24, 2.45) is 132 Å². The molecule has 1 N–H and O–H groups in total. The molecule has 0 heterocycles. The molecule has 0 spiro atoms. The van der Waals surface area contributed by atoms with Crippen LogP contribution in [0, 0.1) is 132 Å². The Morgan fingerprint density at radius 2 is 0.772 bits per heavy atom. The first-order chi connectivity index (χ1) is 58.0. The molecule has 0 aromatic carbocycles. The fraction of sp³-hybridized carbons (Fsp3) is 0.698. The van der Waals surface area contributed by atoms with Crippen molar-refractivity contribution in [2.75, 3.05) is 46.2 Å². The fourth-order valence-electron chi connectivity index (χ4n) is 28.9. The third kappa shape index (κ3) is 17.6. The monoisotopic (exact) mass is 1690 g/mol. The van der Waals surface area contributed by atoms with Crippen LogP contribution in [0.25, 0.3) is 0 Å². The molecule has 0 aromatic rings. The zero-order valence-electron chi connectivity index (χ0n) is 77.1. The summed E-state index contributed by atoms with van der Waals surface area (Å²) in [6.45, 7) is 34.6. The van der Waals surface area contributed by atoms with Crippen LogP contribution in [0.5, 0.6) is 0 Å². The molecule has 0 radical (unpaired) electrons. The second-order valence-corrected chi connectivity index (χ2v) is 43.2. The predicted molar refractivity (Wildman–Crippen MR) is 474 cm³/mol. The van der Waals surface area contributed by atoms with Crippen LogP contribution in [0.2, 0.25) is 0 Å². The Balaban J connectivity index is 0.000000141. The molecule has 670 valence electrons. The lowest BCUT2D eigenvalue weighted by molar-refractivity contribution is -0.157. The first kappa shape index (κ1) is 93.7. The maximum atomic E-state index is 13.2. The van der Waals surface area contributed by atoms with Gasteiger partial charge in [-0.25, -0.2) is 0 Å². The quantitative estimate of drug-likeness (QED) is 0.0506. The number of esters is 1. The van der Waals surface area contributed by atoms with E-state index in [0.717, 1.165) is 109 Å². The van der Waals surface area contributed by atoms with Gasteiger partial charge in [-0.3, -0.25) is 43.2 Å². The van der Waals surface area contributed by atoms with Crippen molar-refractivity contribution in [3.8, 4) is 0 Å². The Labute approximate surface area is 732 Å². The minimum absolute atomic E-state index is 0.00449. The van der Waals surface area contributed by atoms with E-state index in [2.05, 4.69) is 107 Å². The molecular formula is C106H144O17. The topological polar surface area (TPSA) is 262 Å². The van der Waals surface area contributed by atoms with Crippen molar-refractivity contribution >= 4 is 69.6 Å². The Hall–Kier alpha value is -6.92. The number of hydrogen-bond acceptors (Lipinski definition) is 17. The number of allylic oxidation sites excluding steroid dienone is 20. The van der Waals surface area contributed by atoms with Gasteiger partial charge in [-0.15, -0.1) is 0 Å². The smallest absolute Gasteiger partial charge is 0.308 e. The SMILES string of the molecule is CC(=O)CCCOCC(=O)[C@@]1(O)CCC2C3CCC4=CC(=O)C=C[C@]4(C)C3=CC[C@@]21C.CC(=O)CCCOCC(=O)[C@H]1[C@@H](C)CC2C3CCC4=CC(=O)CC[C@]4(C)C3=CC[C@@]21C.CC(=O)CCCOCC(=O)[C@H]1[C@H](C)CC2C3CCC4=CC(=O)CC[C@]4(C)C3=CC[C@@]21C.CC(C)C(=O)OCC(=O)[C@H]1[C@@H](C)CC2C3CCC4=CC(=O)C=C[C@]4(C)C3=CC[C@@]21C. The van der Waals surface area contributed by atoms with Gasteiger partial charge >= 0.3 is 5.97 Å². The van der Waals surface area contributed by atoms with Gasteiger partial charge in [-0.05, 0) is 294 Å². The van der Waals surface area contributed by atoms with E-state index in [9.17, 15) is 62.6 Å². The summed E-state index contributed by atoms with van der Waals surface area (Å²) in [5.74, 6) is 5.59. The van der Waals surface area contributed by atoms with Gasteiger partial charge in [0.15, 0.2) is 46.3 Å². The molecule has 8 fully saturated rings. The molecule has 17 heteroatoms. The van der Waals surface area contributed by atoms with E-state index in [1.54, 1.807) is 64.0 Å². The fourth-order valence-corrected chi connectivity index (χ4v) is 28.9. The summed E-state index contributed by atoms with van der Waals surface area (Å²) in [6, 6.07) is 0. The van der Waals surface area contributed by atoms with Crippen molar-refractivity contribution in [2.45, 2.75) is 290 Å². The molecule has 8 unspecified atom stereocenters. The van der Waals surface area contributed by atoms with Crippen molar-refractivity contribution in [1.82, 2.24) is 0 Å². The maximum absolute atomic E-state index is 13.2. The van der Waals surface area contributed by atoms with E-state index >= 15 is 0 Å². The highest BCUT2D eigenvalue weighted by Gasteiger charge is 2.67. The van der Waals surface area contributed by atoms with E-state index in [0.29, 0.717) is 137 Å². The van der Waals surface area contributed by atoms with Gasteiger partial charge in [0, 0.05) is 96.8 Å².